The maximum absolute atomic E-state index is 8.93. The van der Waals surface area contributed by atoms with Crippen molar-refractivity contribution in [3.63, 3.8) is 0 Å². The summed E-state index contributed by atoms with van der Waals surface area (Å²) in [5, 5.41) is 17.7. The maximum Gasteiger partial charge on any atom is 0.139 e. The second-order valence-electron chi connectivity index (χ2n) is 3.39. The molecule has 6 heteroatoms. The Hall–Kier alpha value is -2.21. The topological polar surface area (TPSA) is 79.6 Å². The fourth-order valence-electron chi connectivity index (χ4n) is 1.62. The van der Waals surface area contributed by atoms with Gasteiger partial charge in [-0.15, -0.1) is 5.10 Å². The minimum atomic E-state index is -0.111. The Balaban J connectivity index is 2.18. The molecule has 3 heterocycles. The van der Waals surface area contributed by atoms with E-state index in [2.05, 4.69) is 20.3 Å². The fraction of sp³-hybridized carbons (Fsp3) is 0.100. The molecule has 0 fully saturated rings. The number of hydrogen-bond acceptors (Lipinski definition) is 4. The molecular weight excluding hydrogens is 206 g/mol. The average Bonchev–Trinajstić information content (AvgIpc) is 2.94. The molecule has 0 unspecified atom stereocenters. The van der Waals surface area contributed by atoms with Crippen molar-refractivity contribution in [3.05, 3.63) is 36.4 Å². The van der Waals surface area contributed by atoms with Crippen LogP contribution in [0.1, 0.15) is 5.69 Å². The number of nitrogens with one attached hydrogen (secondary N) is 1. The van der Waals surface area contributed by atoms with E-state index >= 15 is 0 Å². The number of fused-ring (bicyclic) bond motifs is 1. The van der Waals surface area contributed by atoms with E-state index in [-0.39, 0.29) is 6.61 Å². The van der Waals surface area contributed by atoms with E-state index in [9.17, 15) is 0 Å². The Kier molecular flexibility index (Phi) is 1.94. The smallest absolute Gasteiger partial charge is 0.139 e. The molecule has 6 nitrogen and oxygen atoms in total. The fourth-order valence-corrected chi connectivity index (χ4v) is 1.62. The lowest BCUT2D eigenvalue weighted by Crippen LogP contribution is -1.93. The normalized spacial score (nSPS) is 11.1. The van der Waals surface area contributed by atoms with E-state index in [1.54, 1.807) is 17.1 Å². The van der Waals surface area contributed by atoms with Crippen molar-refractivity contribution in [2.24, 2.45) is 0 Å². The van der Waals surface area contributed by atoms with Gasteiger partial charge in [0.1, 0.15) is 11.3 Å². The Bertz CT molecular complexity index is 627. The molecule has 0 saturated heterocycles. The SMILES string of the molecule is OCc1cn(-c2c[nH]c3ncccc23)nn1. The zero-order chi connectivity index (χ0) is 11.0. The number of rotatable bonds is 2. The molecule has 80 valence electrons. The molecule has 3 rings (SSSR count). The van der Waals surface area contributed by atoms with Crippen molar-refractivity contribution in [1.82, 2.24) is 25.0 Å². The van der Waals surface area contributed by atoms with Gasteiger partial charge in [0.15, 0.2) is 0 Å². The molecule has 0 bridgehead atoms. The van der Waals surface area contributed by atoms with Crippen molar-refractivity contribution in [2.45, 2.75) is 6.61 Å². The largest absolute Gasteiger partial charge is 0.390 e. The summed E-state index contributed by atoms with van der Waals surface area (Å²) in [6.45, 7) is -0.111. The summed E-state index contributed by atoms with van der Waals surface area (Å²) < 4.78 is 1.62. The van der Waals surface area contributed by atoms with Gasteiger partial charge in [-0.1, -0.05) is 5.21 Å². The quantitative estimate of drug-likeness (QED) is 0.657. The predicted octanol–water partition coefficient (Wildman–Crippen LogP) is 0.636. The standard InChI is InChI=1S/C10H9N5O/c16-6-7-5-15(14-13-7)9-4-12-10-8(9)2-1-3-11-10/h1-5,16H,6H2,(H,11,12). The number of H-pyrrole nitrogens is 1. The van der Waals surface area contributed by atoms with Gasteiger partial charge < -0.3 is 10.1 Å². The number of hydrogen-bond donors (Lipinski definition) is 2. The summed E-state index contributed by atoms with van der Waals surface area (Å²) >= 11 is 0. The van der Waals surface area contributed by atoms with Gasteiger partial charge in [-0.05, 0) is 12.1 Å². The van der Waals surface area contributed by atoms with Crippen molar-refractivity contribution in [3.8, 4) is 5.69 Å². The van der Waals surface area contributed by atoms with Gasteiger partial charge in [0, 0.05) is 17.8 Å². The predicted molar refractivity (Wildman–Crippen MR) is 56.9 cm³/mol. The zero-order valence-corrected chi connectivity index (χ0v) is 8.33. The van der Waals surface area contributed by atoms with E-state index in [0.29, 0.717) is 5.69 Å². The highest BCUT2D eigenvalue weighted by molar-refractivity contribution is 5.84. The Morgan fingerprint density at radius 3 is 3.19 bits per heavy atom. The summed E-state index contributed by atoms with van der Waals surface area (Å²) in [5.41, 5.74) is 2.21. The molecule has 3 aromatic rings. The summed E-state index contributed by atoms with van der Waals surface area (Å²) in [7, 11) is 0. The molecular formula is C10H9N5O. The average molecular weight is 215 g/mol. The molecule has 0 saturated carbocycles. The first kappa shape index (κ1) is 9.05. The Morgan fingerprint density at radius 1 is 1.44 bits per heavy atom. The van der Waals surface area contributed by atoms with Gasteiger partial charge >= 0.3 is 0 Å². The van der Waals surface area contributed by atoms with E-state index < -0.39 is 0 Å². The number of aliphatic hydroxyl groups is 1. The van der Waals surface area contributed by atoms with Crippen LogP contribution in [0.2, 0.25) is 0 Å². The van der Waals surface area contributed by atoms with Crippen LogP contribution >= 0.6 is 0 Å². The Labute approximate surface area is 90.6 Å². The first-order chi connectivity index (χ1) is 7.88. The van der Waals surface area contributed by atoms with Crippen LogP contribution in [0.5, 0.6) is 0 Å². The lowest BCUT2D eigenvalue weighted by atomic mass is 10.3. The number of aromatic amines is 1. The van der Waals surface area contributed by atoms with Gasteiger partial charge in [0.2, 0.25) is 0 Å². The second kappa shape index (κ2) is 3.42. The number of aliphatic hydroxyl groups excluding tert-OH is 1. The number of nitrogens with zero attached hydrogens (tertiary/aromatic N) is 4. The third kappa shape index (κ3) is 1.28. The molecule has 0 amide bonds. The van der Waals surface area contributed by atoms with Crippen LogP contribution in [-0.2, 0) is 6.61 Å². The summed E-state index contributed by atoms with van der Waals surface area (Å²) in [6, 6.07) is 3.82. The summed E-state index contributed by atoms with van der Waals surface area (Å²) in [5.74, 6) is 0. The van der Waals surface area contributed by atoms with E-state index in [1.807, 2.05) is 18.3 Å². The molecule has 0 spiro atoms. The molecule has 16 heavy (non-hydrogen) atoms. The van der Waals surface area contributed by atoms with Crippen LogP contribution in [0.15, 0.2) is 30.7 Å². The molecule has 2 N–H and O–H groups in total. The minimum absolute atomic E-state index is 0.111. The van der Waals surface area contributed by atoms with Gasteiger partial charge in [-0.25, -0.2) is 9.67 Å². The minimum Gasteiger partial charge on any atom is -0.390 e. The van der Waals surface area contributed by atoms with E-state index in [1.165, 1.54) is 0 Å². The van der Waals surface area contributed by atoms with Gasteiger partial charge in [-0.3, -0.25) is 0 Å². The number of aromatic nitrogens is 5. The first-order valence-corrected chi connectivity index (χ1v) is 4.83. The van der Waals surface area contributed by atoms with Crippen molar-refractivity contribution in [2.75, 3.05) is 0 Å². The van der Waals surface area contributed by atoms with Crippen molar-refractivity contribution >= 4 is 11.0 Å². The van der Waals surface area contributed by atoms with Crippen molar-refractivity contribution in [1.29, 1.82) is 0 Å². The van der Waals surface area contributed by atoms with Crippen LogP contribution in [0.3, 0.4) is 0 Å². The highest BCUT2D eigenvalue weighted by Crippen LogP contribution is 2.18. The van der Waals surface area contributed by atoms with Crippen LogP contribution < -0.4 is 0 Å². The van der Waals surface area contributed by atoms with Crippen molar-refractivity contribution < 1.29 is 5.11 Å². The monoisotopic (exact) mass is 215 g/mol. The van der Waals surface area contributed by atoms with Crippen LogP contribution in [0.4, 0.5) is 0 Å². The second-order valence-corrected chi connectivity index (χ2v) is 3.39. The molecule has 0 aromatic carbocycles. The zero-order valence-electron chi connectivity index (χ0n) is 8.33. The van der Waals surface area contributed by atoms with Crippen LogP contribution in [0.25, 0.3) is 16.7 Å². The third-order valence-electron chi connectivity index (χ3n) is 2.38. The molecule has 0 aliphatic heterocycles. The van der Waals surface area contributed by atoms with E-state index in [4.69, 9.17) is 5.11 Å². The molecule has 0 atom stereocenters. The van der Waals surface area contributed by atoms with Gasteiger partial charge in [0.05, 0.1) is 18.5 Å². The molecule has 0 aliphatic carbocycles. The summed E-state index contributed by atoms with van der Waals surface area (Å²) in [6.07, 6.45) is 5.23. The molecule has 3 aromatic heterocycles. The first-order valence-electron chi connectivity index (χ1n) is 4.83. The van der Waals surface area contributed by atoms with Crippen LogP contribution in [0, 0.1) is 0 Å². The lowest BCUT2D eigenvalue weighted by molar-refractivity contribution is 0.276. The van der Waals surface area contributed by atoms with E-state index in [0.717, 1.165) is 16.7 Å². The summed E-state index contributed by atoms with van der Waals surface area (Å²) in [4.78, 5) is 7.24. The van der Waals surface area contributed by atoms with Gasteiger partial charge in [0.25, 0.3) is 0 Å². The molecule has 0 aliphatic rings. The van der Waals surface area contributed by atoms with Gasteiger partial charge in [-0.2, -0.15) is 0 Å². The molecule has 0 radical (unpaired) electrons. The third-order valence-corrected chi connectivity index (χ3v) is 2.38. The Morgan fingerprint density at radius 2 is 2.38 bits per heavy atom. The lowest BCUT2D eigenvalue weighted by Gasteiger charge is -1.95. The van der Waals surface area contributed by atoms with Crippen LogP contribution in [-0.4, -0.2) is 30.1 Å². The maximum atomic E-state index is 8.93. The highest BCUT2D eigenvalue weighted by atomic mass is 16.3. The highest BCUT2D eigenvalue weighted by Gasteiger charge is 2.07. The number of pyridine rings is 1.